The number of hydrogen-bond donors (Lipinski definition) is 1. The Bertz CT molecular complexity index is 546. The van der Waals surface area contributed by atoms with Crippen LogP contribution in [0.5, 0.6) is 0 Å². The Morgan fingerprint density at radius 2 is 2.06 bits per heavy atom. The van der Waals surface area contributed by atoms with E-state index in [-0.39, 0.29) is 5.69 Å². The number of aromatic nitrogens is 2. The van der Waals surface area contributed by atoms with Crippen molar-refractivity contribution >= 4 is 12.4 Å². The van der Waals surface area contributed by atoms with Crippen LogP contribution in [-0.2, 0) is 6.42 Å². The smallest absolute Gasteiger partial charge is 0.417 e. The Kier molecular flexibility index (Phi) is 3.00. The summed E-state index contributed by atoms with van der Waals surface area (Å²) in [7, 11) is 0. The molecule has 0 bridgehead atoms. The quantitative estimate of drug-likeness (QED) is 0.816. The fourth-order valence-corrected chi connectivity index (χ4v) is 1.56. The second-order valence-corrected chi connectivity index (χ2v) is 3.51. The lowest BCUT2D eigenvalue weighted by molar-refractivity contribution is 0.111. The lowest BCUT2D eigenvalue weighted by Gasteiger charge is -2.01. The molecule has 0 spiro atoms. The summed E-state index contributed by atoms with van der Waals surface area (Å²) < 4.78 is 0.969. The van der Waals surface area contributed by atoms with Gasteiger partial charge in [-0.15, -0.1) is 0 Å². The number of nitrogens with zero attached hydrogens (tertiary/aromatic N) is 2. The van der Waals surface area contributed by atoms with Crippen LogP contribution in [-0.4, -0.2) is 27.0 Å². The van der Waals surface area contributed by atoms with E-state index in [1.807, 2.05) is 30.3 Å². The van der Waals surface area contributed by atoms with Crippen molar-refractivity contribution in [3.8, 4) is 0 Å². The van der Waals surface area contributed by atoms with E-state index in [0.29, 0.717) is 18.5 Å². The highest BCUT2D eigenvalue weighted by Crippen LogP contribution is 2.09. The van der Waals surface area contributed by atoms with Crippen molar-refractivity contribution in [2.75, 3.05) is 0 Å². The standard InChI is InChI=1S/C12H10N2O3/c15-8-10-7-14(12(16)17)11(13-10)6-9-4-2-1-3-5-9/h1-5,7-8H,6H2,(H,16,17). The van der Waals surface area contributed by atoms with Gasteiger partial charge in [-0.3, -0.25) is 4.79 Å². The molecule has 0 saturated carbocycles. The number of benzene rings is 1. The molecule has 2 rings (SSSR count). The molecule has 5 nitrogen and oxygen atoms in total. The topological polar surface area (TPSA) is 72.2 Å². The van der Waals surface area contributed by atoms with Gasteiger partial charge in [-0.1, -0.05) is 30.3 Å². The highest BCUT2D eigenvalue weighted by molar-refractivity contribution is 5.75. The van der Waals surface area contributed by atoms with Crippen LogP contribution in [0, 0.1) is 0 Å². The molecule has 1 heterocycles. The van der Waals surface area contributed by atoms with Crippen LogP contribution >= 0.6 is 0 Å². The molecule has 0 fully saturated rings. The molecule has 86 valence electrons. The Morgan fingerprint density at radius 3 is 2.65 bits per heavy atom. The molecule has 1 N–H and O–H groups in total. The van der Waals surface area contributed by atoms with Crippen LogP contribution < -0.4 is 0 Å². The zero-order valence-electron chi connectivity index (χ0n) is 8.91. The third kappa shape index (κ3) is 2.39. The van der Waals surface area contributed by atoms with Gasteiger partial charge in [0.25, 0.3) is 0 Å². The first kappa shape index (κ1) is 11.1. The average Bonchev–Trinajstić information content (AvgIpc) is 2.74. The van der Waals surface area contributed by atoms with E-state index in [9.17, 15) is 9.59 Å². The molecule has 0 aliphatic heterocycles. The van der Waals surface area contributed by atoms with Gasteiger partial charge in [0.2, 0.25) is 0 Å². The highest BCUT2D eigenvalue weighted by Gasteiger charge is 2.12. The summed E-state index contributed by atoms with van der Waals surface area (Å²) in [5.74, 6) is 0.339. The van der Waals surface area contributed by atoms with Gasteiger partial charge in [0.15, 0.2) is 6.29 Å². The minimum atomic E-state index is -1.14. The first-order valence-electron chi connectivity index (χ1n) is 5.01. The second kappa shape index (κ2) is 4.61. The Labute approximate surface area is 97.3 Å². The van der Waals surface area contributed by atoms with Crippen molar-refractivity contribution in [1.29, 1.82) is 0 Å². The first-order chi connectivity index (χ1) is 8.20. The summed E-state index contributed by atoms with van der Waals surface area (Å²) in [6.07, 6.45) is 0.985. The van der Waals surface area contributed by atoms with E-state index in [2.05, 4.69) is 4.98 Å². The van der Waals surface area contributed by atoms with Gasteiger partial charge in [0.1, 0.15) is 11.5 Å². The summed E-state index contributed by atoms with van der Waals surface area (Å²) in [5.41, 5.74) is 1.07. The lowest BCUT2D eigenvalue weighted by Crippen LogP contribution is -2.11. The number of rotatable bonds is 3. The molecular formula is C12H10N2O3. The van der Waals surface area contributed by atoms with E-state index >= 15 is 0 Å². The maximum Gasteiger partial charge on any atom is 0.417 e. The normalized spacial score (nSPS) is 10.1. The molecular weight excluding hydrogens is 220 g/mol. The molecule has 0 amide bonds. The Balaban J connectivity index is 2.35. The van der Waals surface area contributed by atoms with Crippen LogP contribution in [0.1, 0.15) is 21.9 Å². The predicted molar refractivity (Wildman–Crippen MR) is 60.3 cm³/mol. The third-order valence-electron chi connectivity index (χ3n) is 2.33. The fraction of sp³-hybridized carbons (Fsp3) is 0.0833. The molecule has 17 heavy (non-hydrogen) atoms. The van der Waals surface area contributed by atoms with Gasteiger partial charge >= 0.3 is 6.09 Å². The predicted octanol–water partition coefficient (Wildman–Crippen LogP) is 1.81. The molecule has 0 radical (unpaired) electrons. The summed E-state index contributed by atoms with van der Waals surface area (Å²) in [4.78, 5) is 25.5. The SMILES string of the molecule is O=Cc1cn(C(=O)O)c(Cc2ccccc2)n1. The van der Waals surface area contributed by atoms with E-state index in [1.54, 1.807) is 0 Å². The van der Waals surface area contributed by atoms with Crippen LogP contribution in [0.15, 0.2) is 36.5 Å². The van der Waals surface area contributed by atoms with Gasteiger partial charge in [0.05, 0.1) is 0 Å². The van der Waals surface area contributed by atoms with E-state index in [1.165, 1.54) is 6.20 Å². The summed E-state index contributed by atoms with van der Waals surface area (Å²) in [6.45, 7) is 0. The first-order valence-corrected chi connectivity index (χ1v) is 5.01. The van der Waals surface area contributed by atoms with E-state index in [4.69, 9.17) is 5.11 Å². The molecule has 5 heteroatoms. The van der Waals surface area contributed by atoms with Crippen molar-refractivity contribution in [3.63, 3.8) is 0 Å². The van der Waals surface area contributed by atoms with Crippen molar-refractivity contribution < 1.29 is 14.7 Å². The Morgan fingerprint density at radius 1 is 1.35 bits per heavy atom. The van der Waals surface area contributed by atoms with Crippen molar-refractivity contribution in [2.24, 2.45) is 0 Å². The largest absolute Gasteiger partial charge is 0.464 e. The van der Waals surface area contributed by atoms with Gasteiger partial charge < -0.3 is 5.11 Å². The minimum absolute atomic E-state index is 0.123. The van der Waals surface area contributed by atoms with E-state index in [0.717, 1.165) is 10.1 Å². The third-order valence-corrected chi connectivity index (χ3v) is 2.33. The molecule has 0 saturated heterocycles. The molecule has 0 aliphatic carbocycles. The molecule has 0 unspecified atom stereocenters. The number of imidazole rings is 1. The Hall–Kier alpha value is -2.43. The number of carbonyl (C=O) groups is 2. The van der Waals surface area contributed by atoms with Gasteiger partial charge in [-0.05, 0) is 5.56 Å². The number of hydrogen-bond acceptors (Lipinski definition) is 3. The van der Waals surface area contributed by atoms with Crippen LogP contribution in [0.2, 0.25) is 0 Å². The molecule has 0 atom stereocenters. The molecule has 2 aromatic rings. The zero-order valence-corrected chi connectivity index (χ0v) is 8.91. The lowest BCUT2D eigenvalue weighted by atomic mass is 10.1. The maximum atomic E-state index is 10.9. The van der Waals surface area contributed by atoms with E-state index < -0.39 is 6.09 Å². The van der Waals surface area contributed by atoms with Gasteiger partial charge in [-0.2, -0.15) is 0 Å². The van der Waals surface area contributed by atoms with Crippen LogP contribution in [0.4, 0.5) is 4.79 Å². The van der Waals surface area contributed by atoms with Crippen molar-refractivity contribution in [2.45, 2.75) is 6.42 Å². The highest BCUT2D eigenvalue weighted by atomic mass is 16.4. The maximum absolute atomic E-state index is 10.9. The number of carboxylic acid groups (broad SMARTS) is 1. The minimum Gasteiger partial charge on any atom is -0.464 e. The van der Waals surface area contributed by atoms with Gasteiger partial charge in [-0.25, -0.2) is 14.3 Å². The van der Waals surface area contributed by atoms with Gasteiger partial charge in [0, 0.05) is 12.6 Å². The zero-order chi connectivity index (χ0) is 12.3. The molecule has 1 aromatic heterocycles. The average molecular weight is 230 g/mol. The molecule has 1 aromatic carbocycles. The number of carbonyl (C=O) groups excluding carboxylic acids is 1. The summed E-state index contributed by atoms with van der Waals surface area (Å²) in [6, 6.07) is 9.36. The van der Waals surface area contributed by atoms with Crippen molar-refractivity contribution in [1.82, 2.24) is 9.55 Å². The van der Waals surface area contributed by atoms with Crippen LogP contribution in [0.25, 0.3) is 0 Å². The summed E-state index contributed by atoms with van der Waals surface area (Å²) >= 11 is 0. The number of aldehydes is 1. The van der Waals surface area contributed by atoms with Crippen LogP contribution in [0.3, 0.4) is 0 Å². The monoisotopic (exact) mass is 230 g/mol. The molecule has 0 aliphatic rings. The fourth-order valence-electron chi connectivity index (χ4n) is 1.56. The second-order valence-electron chi connectivity index (χ2n) is 3.51. The van der Waals surface area contributed by atoms with Crippen molar-refractivity contribution in [3.05, 3.63) is 53.6 Å². The summed E-state index contributed by atoms with van der Waals surface area (Å²) in [5, 5.41) is 8.96.